The summed E-state index contributed by atoms with van der Waals surface area (Å²) in [6.45, 7) is 0. The largest absolute Gasteiger partial charge is 0.461 e. The molecule has 1 atom stereocenters. The summed E-state index contributed by atoms with van der Waals surface area (Å²) in [5.74, 6) is -0.954. The minimum Gasteiger partial charge on any atom is -0.461 e. The molecule has 0 aromatic heterocycles. The van der Waals surface area contributed by atoms with Crippen LogP contribution in [0.2, 0.25) is 10.0 Å². The van der Waals surface area contributed by atoms with Gasteiger partial charge in [0.05, 0.1) is 15.6 Å². The molecule has 2 aromatic rings. The molecule has 0 unspecified atom stereocenters. The lowest BCUT2D eigenvalue weighted by atomic mass is 9.98. The fraction of sp³-hybridized carbons (Fsp3) is 0.417. The number of nitrogens with one attached hydrogen (secondary N) is 1. The second-order valence-electron chi connectivity index (χ2n) is 7.97. The standard InChI is InChI=1S/C24H28Cl2N2O3/c25-19-9-6-10-20(26)22(19)23(29)28-21(15-16-11-13-17(27)14-12-16)24(30)31-18-7-4-2-1-3-5-8-18/h6,9-14,18,21H,1-5,7-8,15,27H2,(H,28,29)/t21-/m0/s1. The Morgan fingerprint density at radius 1 is 0.968 bits per heavy atom. The van der Waals surface area contributed by atoms with Gasteiger partial charge in [0, 0.05) is 12.1 Å². The van der Waals surface area contributed by atoms with Gasteiger partial charge in [-0.1, -0.05) is 60.7 Å². The van der Waals surface area contributed by atoms with Crippen LogP contribution < -0.4 is 11.1 Å². The number of rotatable bonds is 6. The van der Waals surface area contributed by atoms with Gasteiger partial charge in [0.1, 0.15) is 12.1 Å². The van der Waals surface area contributed by atoms with E-state index in [1.807, 2.05) is 12.1 Å². The van der Waals surface area contributed by atoms with Crippen LogP contribution in [0.15, 0.2) is 42.5 Å². The van der Waals surface area contributed by atoms with E-state index in [9.17, 15) is 9.59 Å². The lowest BCUT2D eigenvalue weighted by molar-refractivity contribution is -0.152. The number of nitrogen functional groups attached to an aromatic ring is 1. The van der Waals surface area contributed by atoms with Crippen LogP contribution in [0.3, 0.4) is 0 Å². The summed E-state index contributed by atoms with van der Waals surface area (Å²) in [6.07, 6.45) is 7.49. The minimum atomic E-state index is -0.867. The van der Waals surface area contributed by atoms with Crippen LogP contribution in [-0.4, -0.2) is 24.0 Å². The summed E-state index contributed by atoms with van der Waals surface area (Å²) >= 11 is 12.4. The first-order valence-electron chi connectivity index (χ1n) is 10.7. The number of carbonyl (C=O) groups is 2. The van der Waals surface area contributed by atoms with Crippen molar-refractivity contribution in [3.05, 3.63) is 63.6 Å². The van der Waals surface area contributed by atoms with E-state index in [0.717, 1.165) is 44.1 Å². The Balaban J connectivity index is 1.77. The number of anilines is 1. The number of hydrogen-bond acceptors (Lipinski definition) is 4. The average Bonchev–Trinajstić information content (AvgIpc) is 2.71. The molecule has 31 heavy (non-hydrogen) atoms. The van der Waals surface area contributed by atoms with E-state index in [2.05, 4.69) is 5.32 Å². The molecule has 7 heteroatoms. The van der Waals surface area contributed by atoms with Crippen molar-refractivity contribution in [3.63, 3.8) is 0 Å². The number of carbonyl (C=O) groups excluding carboxylic acids is 2. The second-order valence-corrected chi connectivity index (χ2v) is 8.79. The molecule has 1 amide bonds. The van der Waals surface area contributed by atoms with Crippen molar-refractivity contribution in [2.24, 2.45) is 0 Å². The highest BCUT2D eigenvalue weighted by atomic mass is 35.5. The summed E-state index contributed by atoms with van der Waals surface area (Å²) in [4.78, 5) is 26.0. The maximum Gasteiger partial charge on any atom is 0.329 e. The first-order valence-corrected chi connectivity index (χ1v) is 11.5. The highest BCUT2D eigenvalue weighted by Crippen LogP contribution is 2.25. The molecule has 2 aromatic carbocycles. The Bertz CT molecular complexity index is 874. The Labute approximate surface area is 193 Å². The first kappa shape index (κ1) is 23.4. The molecule has 0 heterocycles. The van der Waals surface area contributed by atoms with Gasteiger partial charge >= 0.3 is 5.97 Å². The van der Waals surface area contributed by atoms with Crippen molar-refractivity contribution in [1.82, 2.24) is 5.32 Å². The lowest BCUT2D eigenvalue weighted by Crippen LogP contribution is -2.44. The summed E-state index contributed by atoms with van der Waals surface area (Å²) in [6, 6.07) is 11.2. The summed E-state index contributed by atoms with van der Waals surface area (Å²) < 4.78 is 5.84. The molecule has 0 saturated heterocycles. The van der Waals surface area contributed by atoms with Crippen molar-refractivity contribution in [1.29, 1.82) is 0 Å². The van der Waals surface area contributed by atoms with E-state index in [0.29, 0.717) is 5.69 Å². The zero-order chi connectivity index (χ0) is 22.2. The van der Waals surface area contributed by atoms with Gasteiger partial charge in [0.25, 0.3) is 5.91 Å². The molecule has 0 bridgehead atoms. The Morgan fingerprint density at radius 3 is 2.16 bits per heavy atom. The monoisotopic (exact) mass is 462 g/mol. The van der Waals surface area contributed by atoms with E-state index >= 15 is 0 Å². The number of ether oxygens (including phenoxy) is 1. The minimum absolute atomic E-state index is 0.123. The third kappa shape index (κ3) is 6.88. The van der Waals surface area contributed by atoms with E-state index in [1.54, 1.807) is 30.3 Å². The van der Waals surface area contributed by atoms with Gasteiger partial charge in [-0.15, -0.1) is 0 Å². The van der Waals surface area contributed by atoms with Crippen molar-refractivity contribution >= 4 is 40.8 Å². The predicted molar refractivity (Wildman–Crippen MR) is 124 cm³/mol. The van der Waals surface area contributed by atoms with Crippen LogP contribution >= 0.6 is 23.2 Å². The van der Waals surface area contributed by atoms with E-state index in [-0.39, 0.29) is 28.1 Å². The van der Waals surface area contributed by atoms with Gasteiger partial charge in [-0.05, 0) is 55.5 Å². The van der Waals surface area contributed by atoms with Gasteiger partial charge in [0.15, 0.2) is 0 Å². The summed E-state index contributed by atoms with van der Waals surface area (Å²) in [7, 11) is 0. The molecule has 0 aliphatic heterocycles. The number of halogens is 2. The molecule has 0 radical (unpaired) electrons. The molecule has 5 nitrogen and oxygen atoms in total. The Kier molecular flexibility index (Phi) is 8.61. The van der Waals surface area contributed by atoms with E-state index in [1.165, 1.54) is 6.42 Å². The molecule has 1 saturated carbocycles. The van der Waals surface area contributed by atoms with Crippen LogP contribution in [0.5, 0.6) is 0 Å². The van der Waals surface area contributed by atoms with Gasteiger partial charge in [-0.2, -0.15) is 0 Å². The molecule has 1 fully saturated rings. The smallest absolute Gasteiger partial charge is 0.329 e. The van der Waals surface area contributed by atoms with Crippen LogP contribution in [0, 0.1) is 0 Å². The maximum absolute atomic E-state index is 13.1. The highest BCUT2D eigenvalue weighted by Gasteiger charge is 2.28. The maximum atomic E-state index is 13.1. The Hall–Kier alpha value is -2.24. The van der Waals surface area contributed by atoms with Gasteiger partial charge in [-0.25, -0.2) is 4.79 Å². The first-order chi connectivity index (χ1) is 14.9. The fourth-order valence-electron chi connectivity index (χ4n) is 3.81. The average molecular weight is 463 g/mol. The SMILES string of the molecule is Nc1ccc(C[C@H](NC(=O)c2c(Cl)cccc2Cl)C(=O)OC2CCCCCCC2)cc1. The van der Waals surface area contributed by atoms with Gasteiger partial charge in [-0.3, -0.25) is 4.79 Å². The quantitative estimate of drug-likeness (QED) is 0.433. The molecule has 1 aliphatic rings. The van der Waals surface area contributed by atoms with Crippen molar-refractivity contribution < 1.29 is 14.3 Å². The predicted octanol–water partition coefficient (Wildman–Crippen LogP) is 5.57. The molecule has 0 spiro atoms. The third-order valence-corrected chi connectivity index (χ3v) is 6.16. The summed E-state index contributed by atoms with van der Waals surface area (Å²) in [5.41, 5.74) is 7.40. The second kappa shape index (κ2) is 11.4. The van der Waals surface area contributed by atoms with E-state index < -0.39 is 17.9 Å². The summed E-state index contributed by atoms with van der Waals surface area (Å²) in [5, 5.41) is 3.23. The molecule has 3 N–H and O–H groups in total. The third-order valence-electron chi connectivity index (χ3n) is 5.53. The zero-order valence-electron chi connectivity index (χ0n) is 17.4. The highest BCUT2D eigenvalue weighted by molar-refractivity contribution is 6.39. The van der Waals surface area contributed by atoms with Gasteiger partial charge in [0.2, 0.25) is 0 Å². The molecule has 3 rings (SSSR count). The normalized spacial score (nSPS) is 16.1. The van der Waals surface area contributed by atoms with Crippen molar-refractivity contribution in [3.8, 4) is 0 Å². The van der Waals surface area contributed by atoms with Gasteiger partial charge < -0.3 is 15.8 Å². The van der Waals surface area contributed by atoms with Crippen molar-refractivity contribution in [2.75, 3.05) is 5.73 Å². The number of nitrogens with two attached hydrogens (primary N) is 1. The number of benzene rings is 2. The molecule has 1 aliphatic carbocycles. The van der Waals surface area contributed by atoms with Crippen LogP contribution in [-0.2, 0) is 16.0 Å². The van der Waals surface area contributed by atoms with Crippen molar-refractivity contribution in [2.45, 2.75) is 63.5 Å². The number of amides is 1. The Morgan fingerprint density at radius 2 is 1.55 bits per heavy atom. The number of esters is 1. The van der Waals surface area contributed by atoms with Crippen LogP contribution in [0.1, 0.15) is 60.9 Å². The van der Waals surface area contributed by atoms with Crippen LogP contribution in [0.4, 0.5) is 5.69 Å². The molecular formula is C24H28Cl2N2O3. The molecule has 166 valence electrons. The molecular weight excluding hydrogens is 435 g/mol. The lowest BCUT2D eigenvalue weighted by Gasteiger charge is -2.24. The zero-order valence-corrected chi connectivity index (χ0v) is 18.9. The van der Waals surface area contributed by atoms with Crippen LogP contribution in [0.25, 0.3) is 0 Å². The number of hydrogen-bond donors (Lipinski definition) is 2. The topological polar surface area (TPSA) is 81.4 Å². The fourth-order valence-corrected chi connectivity index (χ4v) is 4.38. The van der Waals surface area contributed by atoms with E-state index in [4.69, 9.17) is 33.7 Å².